The minimum absolute atomic E-state index is 0.0430. The van der Waals surface area contributed by atoms with Crippen LogP contribution in [-0.4, -0.2) is 13.2 Å². The normalized spacial score (nSPS) is 25.1. The van der Waals surface area contributed by atoms with Crippen LogP contribution in [0, 0.1) is 11.7 Å². The molecule has 0 aromatic heterocycles. The Kier molecular flexibility index (Phi) is 4.23. The smallest absolute Gasteiger partial charge is 0.131 e. The second kappa shape index (κ2) is 5.70. The molecule has 0 spiro atoms. The van der Waals surface area contributed by atoms with Crippen molar-refractivity contribution in [2.45, 2.75) is 45.2 Å². The second-order valence-electron chi connectivity index (χ2n) is 5.29. The van der Waals surface area contributed by atoms with Crippen LogP contribution in [0.15, 0.2) is 18.2 Å². The Hall–Kier alpha value is -1.09. The minimum atomic E-state index is -0.194. The Labute approximate surface area is 109 Å². The van der Waals surface area contributed by atoms with E-state index in [4.69, 9.17) is 4.74 Å². The third-order valence-corrected chi connectivity index (χ3v) is 4.00. The van der Waals surface area contributed by atoms with Crippen LogP contribution in [0.25, 0.3) is 0 Å². The summed E-state index contributed by atoms with van der Waals surface area (Å²) in [6.45, 7) is 4.29. The molecular weight excluding hydrogens is 229 g/mol. The van der Waals surface area contributed by atoms with E-state index >= 15 is 0 Å². The zero-order valence-electron chi connectivity index (χ0n) is 11.4. The second-order valence-corrected chi connectivity index (χ2v) is 5.29. The lowest BCUT2D eigenvalue weighted by Crippen LogP contribution is -2.33. The van der Waals surface area contributed by atoms with Crippen molar-refractivity contribution in [1.29, 1.82) is 0 Å². The minimum Gasteiger partial charge on any atom is -0.497 e. The van der Waals surface area contributed by atoms with Crippen molar-refractivity contribution in [2.75, 3.05) is 7.11 Å². The molecule has 1 N–H and O–H groups in total. The number of benzene rings is 1. The summed E-state index contributed by atoms with van der Waals surface area (Å²) in [6, 6.07) is 5.63. The van der Waals surface area contributed by atoms with Crippen LogP contribution in [0.5, 0.6) is 5.75 Å². The van der Waals surface area contributed by atoms with Gasteiger partial charge in [-0.2, -0.15) is 0 Å². The first kappa shape index (κ1) is 13.3. The molecule has 3 unspecified atom stereocenters. The molecule has 0 bridgehead atoms. The summed E-state index contributed by atoms with van der Waals surface area (Å²) in [5, 5.41) is 3.54. The summed E-state index contributed by atoms with van der Waals surface area (Å²) in [5.41, 5.74) is 0.718. The van der Waals surface area contributed by atoms with Gasteiger partial charge in [0, 0.05) is 23.7 Å². The quantitative estimate of drug-likeness (QED) is 0.881. The maximum atomic E-state index is 13.9. The van der Waals surface area contributed by atoms with Crippen LogP contribution >= 0.6 is 0 Å². The number of nitrogens with one attached hydrogen (secondary N) is 1. The predicted molar refractivity (Wildman–Crippen MR) is 71.3 cm³/mol. The Balaban J connectivity index is 2.06. The number of hydrogen-bond acceptors (Lipinski definition) is 2. The molecule has 1 fully saturated rings. The molecule has 0 saturated heterocycles. The van der Waals surface area contributed by atoms with Gasteiger partial charge in [-0.1, -0.05) is 19.4 Å². The van der Waals surface area contributed by atoms with Crippen molar-refractivity contribution >= 4 is 0 Å². The van der Waals surface area contributed by atoms with Crippen LogP contribution in [0.2, 0.25) is 0 Å². The lowest BCUT2D eigenvalue weighted by molar-refractivity contribution is 0.379. The highest BCUT2D eigenvalue weighted by molar-refractivity contribution is 5.30. The zero-order chi connectivity index (χ0) is 13.1. The van der Waals surface area contributed by atoms with Crippen molar-refractivity contribution in [3.8, 4) is 5.75 Å². The largest absolute Gasteiger partial charge is 0.497 e. The first-order valence-electron chi connectivity index (χ1n) is 6.71. The molecule has 1 aliphatic carbocycles. The van der Waals surface area contributed by atoms with E-state index in [0.717, 1.165) is 5.56 Å². The molecule has 0 heterocycles. The predicted octanol–water partition coefficient (Wildman–Crippen LogP) is 3.67. The van der Waals surface area contributed by atoms with Gasteiger partial charge in [0.1, 0.15) is 11.6 Å². The van der Waals surface area contributed by atoms with Crippen molar-refractivity contribution in [2.24, 2.45) is 5.92 Å². The first-order valence-corrected chi connectivity index (χ1v) is 6.71. The first-order chi connectivity index (χ1) is 8.61. The maximum absolute atomic E-state index is 13.9. The maximum Gasteiger partial charge on any atom is 0.131 e. The average molecular weight is 251 g/mol. The molecular formula is C15H22FNO. The molecule has 2 rings (SSSR count). The molecule has 3 atom stereocenters. The fourth-order valence-electron chi connectivity index (χ4n) is 2.79. The van der Waals surface area contributed by atoms with Gasteiger partial charge in [-0.3, -0.25) is 0 Å². The van der Waals surface area contributed by atoms with Gasteiger partial charge in [0.05, 0.1) is 7.11 Å². The number of ether oxygens (including phenoxy) is 1. The molecule has 100 valence electrons. The zero-order valence-corrected chi connectivity index (χ0v) is 11.4. The molecule has 3 heteroatoms. The van der Waals surface area contributed by atoms with Crippen molar-refractivity contribution in [3.63, 3.8) is 0 Å². The van der Waals surface area contributed by atoms with Crippen LogP contribution in [0.3, 0.4) is 0 Å². The monoisotopic (exact) mass is 251 g/mol. The summed E-state index contributed by atoms with van der Waals surface area (Å²) in [5.74, 6) is 1.06. The number of methoxy groups -OCH3 is 1. The molecule has 0 amide bonds. The van der Waals surface area contributed by atoms with E-state index in [1.54, 1.807) is 7.11 Å². The van der Waals surface area contributed by atoms with Crippen molar-refractivity contribution in [3.05, 3.63) is 29.6 Å². The number of halogens is 1. The van der Waals surface area contributed by atoms with Crippen LogP contribution in [0.4, 0.5) is 4.39 Å². The van der Waals surface area contributed by atoms with Crippen LogP contribution in [-0.2, 0) is 0 Å². The Morgan fingerprint density at radius 3 is 2.72 bits per heavy atom. The molecule has 0 radical (unpaired) electrons. The molecule has 1 aliphatic rings. The third kappa shape index (κ3) is 2.83. The van der Waals surface area contributed by atoms with Crippen LogP contribution in [0.1, 0.15) is 44.7 Å². The highest BCUT2D eigenvalue weighted by Gasteiger charge is 2.25. The van der Waals surface area contributed by atoms with Gasteiger partial charge in [-0.05, 0) is 31.7 Å². The van der Waals surface area contributed by atoms with Gasteiger partial charge in [-0.15, -0.1) is 0 Å². The molecule has 2 nitrogen and oxygen atoms in total. The van der Waals surface area contributed by atoms with Gasteiger partial charge in [0.15, 0.2) is 0 Å². The standard InChI is InChI=1S/C15H22FNO/c1-10-5-4-6-15(10)17-11(2)13-8-7-12(18-3)9-14(13)16/h7-11,15,17H,4-6H2,1-3H3. The van der Waals surface area contributed by atoms with Gasteiger partial charge >= 0.3 is 0 Å². The Bertz CT molecular complexity index is 407. The number of hydrogen-bond donors (Lipinski definition) is 1. The average Bonchev–Trinajstić information content (AvgIpc) is 2.74. The van der Waals surface area contributed by atoms with Crippen molar-refractivity contribution < 1.29 is 9.13 Å². The van der Waals surface area contributed by atoms with Gasteiger partial charge in [-0.25, -0.2) is 4.39 Å². The lowest BCUT2D eigenvalue weighted by atomic mass is 10.0. The molecule has 1 aromatic rings. The van der Waals surface area contributed by atoms with Gasteiger partial charge < -0.3 is 10.1 Å². The highest BCUT2D eigenvalue weighted by Crippen LogP contribution is 2.28. The molecule has 1 aromatic carbocycles. The SMILES string of the molecule is COc1ccc(C(C)NC2CCCC2C)c(F)c1. The van der Waals surface area contributed by atoms with E-state index in [1.807, 2.05) is 19.1 Å². The lowest BCUT2D eigenvalue weighted by Gasteiger charge is -2.23. The van der Waals surface area contributed by atoms with E-state index in [1.165, 1.54) is 25.3 Å². The van der Waals surface area contributed by atoms with E-state index in [2.05, 4.69) is 12.2 Å². The van der Waals surface area contributed by atoms with Crippen molar-refractivity contribution in [1.82, 2.24) is 5.32 Å². The summed E-state index contributed by atoms with van der Waals surface area (Å²) in [6.07, 6.45) is 3.75. The molecule has 1 saturated carbocycles. The fourth-order valence-corrected chi connectivity index (χ4v) is 2.79. The summed E-state index contributed by atoms with van der Waals surface area (Å²) in [7, 11) is 1.55. The van der Waals surface area contributed by atoms with E-state index < -0.39 is 0 Å². The molecule has 18 heavy (non-hydrogen) atoms. The van der Waals surface area contributed by atoms with E-state index in [0.29, 0.717) is 17.7 Å². The number of rotatable bonds is 4. The molecule has 0 aliphatic heterocycles. The topological polar surface area (TPSA) is 21.3 Å². The van der Waals surface area contributed by atoms with E-state index in [-0.39, 0.29) is 11.9 Å². The van der Waals surface area contributed by atoms with Gasteiger partial charge in [0.2, 0.25) is 0 Å². The fraction of sp³-hybridized carbons (Fsp3) is 0.600. The summed E-state index contributed by atoms with van der Waals surface area (Å²) >= 11 is 0. The van der Waals surface area contributed by atoms with Gasteiger partial charge in [0.25, 0.3) is 0 Å². The summed E-state index contributed by atoms with van der Waals surface area (Å²) < 4.78 is 19.0. The highest BCUT2D eigenvalue weighted by atomic mass is 19.1. The summed E-state index contributed by atoms with van der Waals surface area (Å²) in [4.78, 5) is 0. The third-order valence-electron chi connectivity index (χ3n) is 4.00. The Morgan fingerprint density at radius 2 is 2.17 bits per heavy atom. The Morgan fingerprint density at radius 1 is 1.39 bits per heavy atom. The van der Waals surface area contributed by atoms with E-state index in [9.17, 15) is 4.39 Å². The van der Waals surface area contributed by atoms with Crippen LogP contribution < -0.4 is 10.1 Å².